The summed E-state index contributed by atoms with van der Waals surface area (Å²) in [7, 11) is 1.82. The lowest BCUT2D eigenvalue weighted by Crippen LogP contribution is -2.26. The molecular formula is C14H19N3O2S. The summed E-state index contributed by atoms with van der Waals surface area (Å²) >= 11 is 1.66. The van der Waals surface area contributed by atoms with Crippen molar-refractivity contribution in [2.24, 2.45) is 0 Å². The second-order valence-corrected chi connectivity index (χ2v) is 5.72. The molecule has 20 heavy (non-hydrogen) atoms. The van der Waals surface area contributed by atoms with Crippen LogP contribution in [0.4, 0.5) is 0 Å². The van der Waals surface area contributed by atoms with E-state index in [0.29, 0.717) is 25.3 Å². The van der Waals surface area contributed by atoms with E-state index < -0.39 is 0 Å². The number of nitrogens with zero attached hydrogens (tertiary/aromatic N) is 3. The molecule has 1 amide bonds. The minimum atomic E-state index is 0.0913. The first kappa shape index (κ1) is 14.7. The summed E-state index contributed by atoms with van der Waals surface area (Å²) in [4.78, 5) is 19.2. The summed E-state index contributed by atoms with van der Waals surface area (Å²) < 4.78 is 5.12. The number of hydrogen-bond donors (Lipinski definition) is 0. The molecule has 0 saturated carbocycles. The van der Waals surface area contributed by atoms with Crippen molar-refractivity contribution in [3.05, 3.63) is 34.1 Å². The Balaban J connectivity index is 1.78. The third kappa shape index (κ3) is 4.16. The SMILES string of the molecule is CCCc1noc(CCC(=O)N(C)Cc2cccs2)n1. The van der Waals surface area contributed by atoms with E-state index in [-0.39, 0.29) is 5.91 Å². The molecule has 2 aromatic rings. The predicted octanol–water partition coefficient (Wildman–Crippen LogP) is 2.67. The second-order valence-electron chi connectivity index (χ2n) is 4.68. The Labute approximate surface area is 122 Å². The Morgan fingerprint density at radius 1 is 1.45 bits per heavy atom. The molecule has 0 aliphatic carbocycles. The van der Waals surface area contributed by atoms with E-state index in [1.54, 1.807) is 16.2 Å². The van der Waals surface area contributed by atoms with E-state index in [4.69, 9.17) is 4.52 Å². The maximum Gasteiger partial charge on any atom is 0.227 e. The van der Waals surface area contributed by atoms with Gasteiger partial charge in [0.05, 0.1) is 6.54 Å². The van der Waals surface area contributed by atoms with Crippen molar-refractivity contribution in [2.75, 3.05) is 7.05 Å². The molecule has 0 unspecified atom stereocenters. The molecule has 0 bridgehead atoms. The molecule has 0 N–H and O–H groups in total. The lowest BCUT2D eigenvalue weighted by molar-refractivity contribution is -0.130. The molecule has 2 aromatic heterocycles. The largest absolute Gasteiger partial charge is 0.341 e. The molecule has 5 nitrogen and oxygen atoms in total. The standard InChI is InChI=1S/C14H19N3O2S/c1-3-5-12-15-13(19-16-12)7-8-14(18)17(2)10-11-6-4-9-20-11/h4,6,9H,3,5,7-8,10H2,1-2H3. The number of carbonyl (C=O) groups is 1. The first-order valence-electron chi connectivity index (χ1n) is 6.77. The molecular weight excluding hydrogens is 274 g/mol. The molecule has 0 aromatic carbocycles. The Kier molecular flexibility index (Phi) is 5.29. The van der Waals surface area contributed by atoms with Gasteiger partial charge < -0.3 is 9.42 Å². The van der Waals surface area contributed by atoms with E-state index in [2.05, 4.69) is 17.1 Å². The van der Waals surface area contributed by atoms with E-state index in [1.165, 1.54) is 4.88 Å². The first-order chi connectivity index (χ1) is 9.69. The molecule has 0 atom stereocenters. The number of hydrogen-bond acceptors (Lipinski definition) is 5. The van der Waals surface area contributed by atoms with Gasteiger partial charge in [-0.1, -0.05) is 18.1 Å². The van der Waals surface area contributed by atoms with Gasteiger partial charge in [-0.15, -0.1) is 11.3 Å². The first-order valence-corrected chi connectivity index (χ1v) is 7.64. The lowest BCUT2D eigenvalue weighted by Gasteiger charge is -2.15. The average Bonchev–Trinajstić information content (AvgIpc) is 3.08. The predicted molar refractivity (Wildman–Crippen MR) is 77.4 cm³/mol. The van der Waals surface area contributed by atoms with Crippen molar-refractivity contribution in [1.82, 2.24) is 15.0 Å². The van der Waals surface area contributed by atoms with E-state index in [1.807, 2.05) is 24.6 Å². The summed E-state index contributed by atoms with van der Waals surface area (Å²) in [6.45, 7) is 2.72. The van der Waals surface area contributed by atoms with Gasteiger partial charge >= 0.3 is 0 Å². The van der Waals surface area contributed by atoms with Crippen LogP contribution in [0.25, 0.3) is 0 Å². The zero-order valence-electron chi connectivity index (χ0n) is 11.8. The van der Waals surface area contributed by atoms with Gasteiger partial charge in [0.1, 0.15) is 0 Å². The van der Waals surface area contributed by atoms with E-state index >= 15 is 0 Å². The Morgan fingerprint density at radius 2 is 2.30 bits per heavy atom. The van der Waals surface area contributed by atoms with E-state index in [9.17, 15) is 4.79 Å². The van der Waals surface area contributed by atoms with Gasteiger partial charge in [-0.05, 0) is 17.9 Å². The maximum absolute atomic E-state index is 12.0. The van der Waals surface area contributed by atoms with Crippen molar-refractivity contribution in [3.8, 4) is 0 Å². The monoisotopic (exact) mass is 293 g/mol. The zero-order chi connectivity index (χ0) is 14.4. The molecule has 0 fully saturated rings. The molecule has 6 heteroatoms. The van der Waals surface area contributed by atoms with Crippen LogP contribution in [-0.2, 0) is 24.2 Å². The van der Waals surface area contributed by atoms with Gasteiger partial charge in [0.15, 0.2) is 5.82 Å². The van der Waals surface area contributed by atoms with Gasteiger partial charge in [-0.25, -0.2) is 0 Å². The fraction of sp³-hybridized carbons (Fsp3) is 0.500. The third-order valence-corrected chi connectivity index (χ3v) is 3.80. The van der Waals surface area contributed by atoms with Gasteiger partial charge in [-0.3, -0.25) is 4.79 Å². The lowest BCUT2D eigenvalue weighted by atomic mass is 10.2. The van der Waals surface area contributed by atoms with Crippen LogP contribution in [0.5, 0.6) is 0 Å². The second kappa shape index (κ2) is 7.19. The van der Waals surface area contributed by atoms with Crippen LogP contribution in [0, 0.1) is 0 Å². The van der Waals surface area contributed by atoms with Crippen molar-refractivity contribution < 1.29 is 9.32 Å². The van der Waals surface area contributed by atoms with Crippen LogP contribution in [0.2, 0.25) is 0 Å². The fourth-order valence-electron chi connectivity index (χ4n) is 1.85. The molecule has 2 rings (SSSR count). The Morgan fingerprint density at radius 3 is 3.00 bits per heavy atom. The Hall–Kier alpha value is -1.69. The number of aromatic nitrogens is 2. The maximum atomic E-state index is 12.0. The summed E-state index contributed by atoms with van der Waals surface area (Å²) in [5.74, 6) is 1.36. The van der Waals surface area contributed by atoms with Crippen molar-refractivity contribution in [2.45, 2.75) is 39.2 Å². The molecule has 0 aliphatic heterocycles. The third-order valence-electron chi connectivity index (χ3n) is 2.94. The molecule has 0 saturated heterocycles. The number of amides is 1. The summed E-state index contributed by atoms with van der Waals surface area (Å²) in [5.41, 5.74) is 0. The van der Waals surface area contributed by atoms with Gasteiger partial charge in [0, 0.05) is 31.2 Å². The highest BCUT2D eigenvalue weighted by Gasteiger charge is 2.12. The highest BCUT2D eigenvalue weighted by atomic mass is 32.1. The van der Waals surface area contributed by atoms with Crippen molar-refractivity contribution in [1.29, 1.82) is 0 Å². The van der Waals surface area contributed by atoms with Gasteiger partial charge in [0.25, 0.3) is 0 Å². The zero-order valence-corrected chi connectivity index (χ0v) is 12.7. The average molecular weight is 293 g/mol. The van der Waals surface area contributed by atoms with Crippen LogP contribution in [-0.4, -0.2) is 28.0 Å². The van der Waals surface area contributed by atoms with Gasteiger partial charge in [-0.2, -0.15) is 4.98 Å². The van der Waals surface area contributed by atoms with Crippen LogP contribution in [0.1, 0.15) is 36.4 Å². The van der Waals surface area contributed by atoms with E-state index in [0.717, 1.165) is 18.7 Å². The minimum Gasteiger partial charge on any atom is -0.341 e. The molecule has 2 heterocycles. The fourth-order valence-corrected chi connectivity index (χ4v) is 2.60. The summed E-state index contributed by atoms with van der Waals surface area (Å²) in [6, 6.07) is 4.02. The quantitative estimate of drug-likeness (QED) is 0.787. The number of rotatable bonds is 7. The Bertz CT molecular complexity index is 536. The number of aryl methyl sites for hydroxylation is 2. The van der Waals surface area contributed by atoms with Crippen LogP contribution in [0.15, 0.2) is 22.0 Å². The molecule has 0 spiro atoms. The van der Waals surface area contributed by atoms with Gasteiger partial charge in [0.2, 0.25) is 11.8 Å². The molecule has 108 valence electrons. The molecule has 0 radical (unpaired) electrons. The van der Waals surface area contributed by atoms with Crippen LogP contribution in [0.3, 0.4) is 0 Å². The summed E-state index contributed by atoms with van der Waals surface area (Å²) in [6.07, 6.45) is 2.71. The number of carbonyl (C=O) groups excluding carboxylic acids is 1. The topological polar surface area (TPSA) is 59.2 Å². The smallest absolute Gasteiger partial charge is 0.227 e. The van der Waals surface area contributed by atoms with Crippen LogP contribution >= 0.6 is 11.3 Å². The van der Waals surface area contributed by atoms with Crippen molar-refractivity contribution in [3.63, 3.8) is 0 Å². The van der Waals surface area contributed by atoms with Crippen LogP contribution < -0.4 is 0 Å². The minimum absolute atomic E-state index is 0.0913. The summed E-state index contributed by atoms with van der Waals surface area (Å²) in [5, 5.41) is 5.90. The normalized spacial score (nSPS) is 10.7. The highest BCUT2D eigenvalue weighted by Crippen LogP contribution is 2.12. The highest BCUT2D eigenvalue weighted by molar-refractivity contribution is 7.09. The van der Waals surface area contributed by atoms with Crippen molar-refractivity contribution >= 4 is 17.2 Å². The number of thiophene rings is 1. The molecule has 0 aliphatic rings.